The summed E-state index contributed by atoms with van der Waals surface area (Å²) in [4.78, 5) is 24.5. The molecule has 0 N–H and O–H groups in total. The monoisotopic (exact) mass is 462 g/mol. The Morgan fingerprint density at radius 1 is 1.11 bits per heavy atom. The zero-order valence-electron chi connectivity index (χ0n) is 13.6. The molecule has 10 heteroatoms. The van der Waals surface area contributed by atoms with Gasteiger partial charge in [-0.25, -0.2) is 0 Å². The van der Waals surface area contributed by atoms with Crippen LogP contribution in [0.1, 0.15) is 10.9 Å². The SMILES string of the molecule is O=C1CSC(c2ccc(Br)cc2)N1c1nnc(-c2ccc([N+](=O)[O-])cc2)s1. The summed E-state index contributed by atoms with van der Waals surface area (Å²) < 4.78 is 0.975. The van der Waals surface area contributed by atoms with Crippen LogP contribution in [0.2, 0.25) is 0 Å². The van der Waals surface area contributed by atoms with Crippen LogP contribution in [0.15, 0.2) is 53.0 Å². The smallest absolute Gasteiger partial charge is 0.269 e. The molecule has 1 aromatic heterocycles. The van der Waals surface area contributed by atoms with Gasteiger partial charge in [0.05, 0.1) is 10.7 Å². The van der Waals surface area contributed by atoms with Crippen molar-refractivity contribution in [3.8, 4) is 10.6 Å². The van der Waals surface area contributed by atoms with Crippen molar-refractivity contribution < 1.29 is 9.72 Å². The molecule has 2 aromatic carbocycles. The third-order valence-corrected chi connectivity index (χ3v) is 6.68. The van der Waals surface area contributed by atoms with Gasteiger partial charge in [0.25, 0.3) is 5.69 Å². The lowest BCUT2D eigenvalue weighted by Crippen LogP contribution is -2.27. The number of benzene rings is 2. The topological polar surface area (TPSA) is 89.2 Å². The minimum Gasteiger partial charge on any atom is -0.273 e. The summed E-state index contributed by atoms with van der Waals surface area (Å²) in [6, 6.07) is 14.0. The van der Waals surface area contributed by atoms with Crippen molar-refractivity contribution in [3.63, 3.8) is 0 Å². The highest BCUT2D eigenvalue weighted by Crippen LogP contribution is 2.43. The summed E-state index contributed by atoms with van der Waals surface area (Å²) in [7, 11) is 0. The maximum absolute atomic E-state index is 12.5. The van der Waals surface area contributed by atoms with Crippen molar-refractivity contribution in [2.45, 2.75) is 5.37 Å². The molecule has 136 valence electrons. The first-order chi connectivity index (χ1) is 13.0. The van der Waals surface area contributed by atoms with Crippen LogP contribution < -0.4 is 4.90 Å². The molecule has 27 heavy (non-hydrogen) atoms. The molecule has 0 spiro atoms. The molecule has 4 rings (SSSR count). The van der Waals surface area contributed by atoms with Crippen molar-refractivity contribution in [1.82, 2.24) is 10.2 Å². The zero-order valence-corrected chi connectivity index (χ0v) is 16.8. The second kappa shape index (κ2) is 7.37. The number of carbonyl (C=O) groups excluding carboxylic acids is 1. The van der Waals surface area contributed by atoms with E-state index in [-0.39, 0.29) is 17.0 Å². The molecule has 7 nitrogen and oxygen atoms in total. The summed E-state index contributed by atoms with van der Waals surface area (Å²) >= 11 is 6.26. The summed E-state index contributed by atoms with van der Waals surface area (Å²) in [5.74, 6) is 0.368. The minimum atomic E-state index is -0.446. The molecule has 1 amide bonds. The van der Waals surface area contributed by atoms with Gasteiger partial charge in [0, 0.05) is 22.2 Å². The number of rotatable bonds is 4. The summed E-state index contributed by atoms with van der Waals surface area (Å²) in [6.45, 7) is 0. The number of anilines is 1. The van der Waals surface area contributed by atoms with E-state index in [1.807, 2.05) is 24.3 Å². The Morgan fingerprint density at radius 2 is 1.81 bits per heavy atom. The number of non-ortho nitro benzene ring substituents is 1. The third kappa shape index (κ3) is 3.60. The first-order valence-corrected chi connectivity index (χ1v) is 10.5. The van der Waals surface area contributed by atoms with Crippen molar-refractivity contribution in [2.24, 2.45) is 0 Å². The van der Waals surface area contributed by atoms with Crippen LogP contribution >= 0.6 is 39.0 Å². The number of aromatic nitrogens is 2. The number of hydrogen-bond acceptors (Lipinski definition) is 7. The van der Waals surface area contributed by atoms with Crippen LogP contribution in [0.5, 0.6) is 0 Å². The van der Waals surface area contributed by atoms with Gasteiger partial charge in [-0.05, 0) is 29.8 Å². The number of nitro benzene ring substituents is 1. The van der Waals surface area contributed by atoms with E-state index in [2.05, 4.69) is 26.1 Å². The van der Waals surface area contributed by atoms with Crippen molar-refractivity contribution in [1.29, 1.82) is 0 Å². The predicted octanol–water partition coefficient (Wildman–Crippen LogP) is 4.65. The Kier molecular flexibility index (Phi) is 4.94. The number of amides is 1. The number of halogens is 1. The predicted molar refractivity (Wildman–Crippen MR) is 109 cm³/mol. The van der Waals surface area contributed by atoms with Gasteiger partial charge >= 0.3 is 0 Å². The van der Waals surface area contributed by atoms with Gasteiger partial charge in [-0.1, -0.05) is 39.4 Å². The van der Waals surface area contributed by atoms with Gasteiger partial charge < -0.3 is 0 Å². The van der Waals surface area contributed by atoms with Crippen LogP contribution in [0.3, 0.4) is 0 Å². The van der Waals surface area contributed by atoms with E-state index < -0.39 is 4.92 Å². The maximum atomic E-state index is 12.5. The third-order valence-electron chi connectivity index (χ3n) is 3.97. The Labute approximate surface area is 170 Å². The lowest BCUT2D eigenvalue weighted by atomic mass is 10.2. The molecule has 2 heterocycles. The van der Waals surface area contributed by atoms with Crippen LogP contribution in [-0.4, -0.2) is 26.8 Å². The largest absolute Gasteiger partial charge is 0.273 e. The standard InChI is InChI=1S/C17H11BrN4O3S2/c18-12-5-1-11(2-6-12)16-21(14(23)9-26-16)17-20-19-15(27-17)10-3-7-13(8-4-10)22(24)25/h1-8,16H,9H2. The lowest BCUT2D eigenvalue weighted by Gasteiger charge is -2.20. The van der Waals surface area contributed by atoms with Crippen LogP contribution in [0.4, 0.5) is 10.8 Å². The van der Waals surface area contributed by atoms with E-state index >= 15 is 0 Å². The lowest BCUT2D eigenvalue weighted by molar-refractivity contribution is -0.384. The number of thioether (sulfide) groups is 1. The fraction of sp³-hybridized carbons (Fsp3) is 0.118. The maximum Gasteiger partial charge on any atom is 0.269 e. The molecular formula is C17H11BrN4O3S2. The molecule has 1 fully saturated rings. The van der Waals surface area contributed by atoms with Crippen molar-refractivity contribution in [2.75, 3.05) is 10.7 Å². The minimum absolute atomic E-state index is 0.0145. The van der Waals surface area contributed by atoms with E-state index in [0.717, 1.165) is 15.6 Å². The number of nitro groups is 1. The van der Waals surface area contributed by atoms with E-state index in [9.17, 15) is 14.9 Å². The van der Waals surface area contributed by atoms with Crippen molar-refractivity contribution in [3.05, 3.63) is 68.7 Å². The zero-order chi connectivity index (χ0) is 19.0. The first-order valence-electron chi connectivity index (χ1n) is 7.80. The molecule has 3 aromatic rings. The molecule has 0 saturated carbocycles. The molecule has 1 saturated heterocycles. The molecule has 0 radical (unpaired) electrons. The Bertz CT molecular complexity index is 1010. The Balaban J connectivity index is 1.63. The molecular weight excluding hydrogens is 452 g/mol. The average molecular weight is 463 g/mol. The number of carbonyl (C=O) groups is 1. The molecule has 0 aliphatic carbocycles. The van der Waals surface area contributed by atoms with Crippen molar-refractivity contribution >= 4 is 55.8 Å². The van der Waals surface area contributed by atoms with Gasteiger partial charge in [0.1, 0.15) is 10.4 Å². The fourth-order valence-corrected chi connectivity index (χ4v) is 5.04. The summed E-state index contributed by atoms with van der Waals surface area (Å²) in [5.41, 5.74) is 1.76. The highest BCUT2D eigenvalue weighted by molar-refractivity contribution is 9.10. The second-order valence-electron chi connectivity index (χ2n) is 5.67. The van der Waals surface area contributed by atoms with Gasteiger partial charge in [-0.15, -0.1) is 22.0 Å². The van der Waals surface area contributed by atoms with Crippen LogP contribution in [-0.2, 0) is 4.79 Å². The van der Waals surface area contributed by atoms with Gasteiger partial charge in [-0.2, -0.15) is 0 Å². The van der Waals surface area contributed by atoms with E-state index in [1.54, 1.807) is 28.8 Å². The fourth-order valence-electron chi connectivity index (χ4n) is 2.66. The Morgan fingerprint density at radius 3 is 2.48 bits per heavy atom. The van der Waals surface area contributed by atoms with Gasteiger partial charge in [-0.3, -0.25) is 19.8 Å². The Hall–Kier alpha value is -2.30. The van der Waals surface area contributed by atoms with E-state index in [0.29, 0.717) is 15.9 Å². The average Bonchev–Trinajstić information content (AvgIpc) is 3.29. The van der Waals surface area contributed by atoms with E-state index in [4.69, 9.17) is 0 Å². The molecule has 0 bridgehead atoms. The number of nitrogens with zero attached hydrogens (tertiary/aromatic N) is 4. The van der Waals surface area contributed by atoms with Crippen LogP contribution in [0.25, 0.3) is 10.6 Å². The van der Waals surface area contributed by atoms with Gasteiger partial charge in [0.2, 0.25) is 11.0 Å². The highest BCUT2D eigenvalue weighted by atomic mass is 79.9. The normalized spacial score (nSPS) is 16.7. The first kappa shape index (κ1) is 18.1. The highest BCUT2D eigenvalue weighted by Gasteiger charge is 2.36. The quantitative estimate of drug-likeness (QED) is 0.413. The number of hydrogen-bond donors (Lipinski definition) is 0. The second-order valence-corrected chi connectivity index (χ2v) is 8.61. The molecule has 1 atom stereocenters. The summed E-state index contributed by atoms with van der Waals surface area (Å²) in [6.07, 6.45) is 0. The van der Waals surface area contributed by atoms with Crippen LogP contribution in [0, 0.1) is 10.1 Å². The van der Waals surface area contributed by atoms with Gasteiger partial charge in [0.15, 0.2) is 0 Å². The molecule has 1 aliphatic rings. The molecule has 1 unspecified atom stereocenters. The van der Waals surface area contributed by atoms with E-state index in [1.165, 1.54) is 23.5 Å². The molecule has 1 aliphatic heterocycles. The summed E-state index contributed by atoms with van der Waals surface area (Å²) in [5, 5.41) is 20.1.